The molecule has 1 aliphatic rings. The fourth-order valence-corrected chi connectivity index (χ4v) is 3.20. The molecule has 1 N–H and O–H groups in total. The van der Waals surface area contributed by atoms with E-state index in [4.69, 9.17) is 9.26 Å². The van der Waals surface area contributed by atoms with E-state index in [0.29, 0.717) is 17.0 Å². The lowest BCUT2D eigenvalue weighted by Crippen LogP contribution is -2.30. The number of rotatable bonds is 5. The Labute approximate surface area is 152 Å². The number of benzene rings is 1. The Morgan fingerprint density at radius 1 is 1.19 bits per heavy atom. The molecule has 0 saturated carbocycles. The molecule has 1 heterocycles. The maximum absolute atomic E-state index is 12.5. The van der Waals surface area contributed by atoms with Crippen LogP contribution in [0.15, 0.2) is 22.7 Å². The van der Waals surface area contributed by atoms with Gasteiger partial charge in [0.1, 0.15) is 5.56 Å². The summed E-state index contributed by atoms with van der Waals surface area (Å²) in [5, 5.41) is 6.65. The van der Waals surface area contributed by atoms with Gasteiger partial charge in [0.25, 0.3) is 5.91 Å². The van der Waals surface area contributed by atoms with E-state index < -0.39 is 12.1 Å². The third-order valence-electron chi connectivity index (χ3n) is 4.64. The predicted molar refractivity (Wildman–Crippen MR) is 97.3 cm³/mol. The summed E-state index contributed by atoms with van der Waals surface area (Å²) in [4.78, 5) is 24.9. The Kier molecular flexibility index (Phi) is 5.11. The van der Waals surface area contributed by atoms with Gasteiger partial charge >= 0.3 is 5.97 Å². The number of ether oxygens (including phenoxy) is 1. The highest BCUT2D eigenvalue weighted by atomic mass is 16.5. The molecule has 1 aliphatic carbocycles. The quantitative estimate of drug-likeness (QED) is 0.825. The van der Waals surface area contributed by atoms with Crippen molar-refractivity contribution in [3.05, 3.63) is 46.3 Å². The second-order valence-corrected chi connectivity index (χ2v) is 7.04. The van der Waals surface area contributed by atoms with Crippen molar-refractivity contribution in [2.75, 3.05) is 5.32 Å². The van der Waals surface area contributed by atoms with Gasteiger partial charge in [-0.2, -0.15) is 0 Å². The average Bonchev–Trinajstić information content (AvgIpc) is 3.20. The van der Waals surface area contributed by atoms with Crippen molar-refractivity contribution < 1.29 is 18.8 Å². The third kappa shape index (κ3) is 3.64. The van der Waals surface area contributed by atoms with Gasteiger partial charge < -0.3 is 14.6 Å². The maximum Gasteiger partial charge on any atom is 0.344 e. The predicted octanol–water partition coefficient (Wildman–Crippen LogP) is 3.78. The summed E-state index contributed by atoms with van der Waals surface area (Å²) < 4.78 is 10.5. The molecule has 1 amide bonds. The van der Waals surface area contributed by atoms with Gasteiger partial charge in [-0.1, -0.05) is 25.1 Å². The molecular formula is C20H24N2O4. The highest BCUT2D eigenvalue weighted by molar-refractivity contribution is 5.98. The van der Waals surface area contributed by atoms with Gasteiger partial charge in [-0.15, -0.1) is 0 Å². The zero-order chi connectivity index (χ0) is 18.8. The van der Waals surface area contributed by atoms with E-state index >= 15 is 0 Å². The zero-order valence-corrected chi connectivity index (χ0v) is 15.6. The van der Waals surface area contributed by atoms with Crippen LogP contribution >= 0.6 is 0 Å². The molecule has 138 valence electrons. The fraction of sp³-hybridized carbons (Fsp3) is 0.450. The SMILES string of the molecule is Cc1noc(C(C)C)c1C(=O)O[C@H](C)C(=O)Nc1ccc2c(c1)CCC2. The molecule has 0 spiro atoms. The van der Waals surface area contributed by atoms with E-state index in [9.17, 15) is 9.59 Å². The first-order chi connectivity index (χ1) is 12.4. The average molecular weight is 356 g/mol. The Morgan fingerprint density at radius 2 is 1.92 bits per heavy atom. The first kappa shape index (κ1) is 18.2. The molecule has 2 aromatic rings. The maximum atomic E-state index is 12.5. The van der Waals surface area contributed by atoms with Gasteiger partial charge in [-0.3, -0.25) is 4.79 Å². The largest absolute Gasteiger partial charge is 0.449 e. The van der Waals surface area contributed by atoms with Gasteiger partial charge in [-0.05, 0) is 56.4 Å². The first-order valence-corrected chi connectivity index (χ1v) is 8.96. The van der Waals surface area contributed by atoms with E-state index in [1.807, 2.05) is 32.0 Å². The number of nitrogens with zero attached hydrogens (tertiary/aromatic N) is 1. The molecule has 3 rings (SSSR count). The molecule has 0 fully saturated rings. The lowest BCUT2D eigenvalue weighted by molar-refractivity contribution is -0.123. The van der Waals surface area contributed by atoms with Crippen LogP contribution in [0.5, 0.6) is 0 Å². The van der Waals surface area contributed by atoms with Crippen molar-refractivity contribution >= 4 is 17.6 Å². The summed E-state index contributed by atoms with van der Waals surface area (Å²) >= 11 is 0. The molecule has 6 heteroatoms. The highest BCUT2D eigenvalue weighted by Gasteiger charge is 2.27. The summed E-state index contributed by atoms with van der Waals surface area (Å²) in [5.74, 6) is -0.492. The number of carbonyl (C=O) groups is 2. The van der Waals surface area contributed by atoms with E-state index in [1.165, 1.54) is 11.1 Å². The Hall–Kier alpha value is -2.63. The van der Waals surface area contributed by atoms with Crippen molar-refractivity contribution in [2.45, 2.75) is 59.0 Å². The molecule has 1 atom stereocenters. The van der Waals surface area contributed by atoms with E-state index in [0.717, 1.165) is 24.9 Å². The number of hydrogen-bond donors (Lipinski definition) is 1. The summed E-state index contributed by atoms with van der Waals surface area (Å²) in [7, 11) is 0. The van der Waals surface area contributed by atoms with Crippen molar-refractivity contribution in [1.29, 1.82) is 0 Å². The number of aryl methyl sites for hydroxylation is 3. The summed E-state index contributed by atoms with van der Waals surface area (Å²) in [6.07, 6.45) is 2.35. The number of carbonyl (C=O) groups excluding carboxylic acids is 2. The topological polar surface area (TPSA) is 81.4 Å². The van der Waals surface area contributed by atoms with Crippen molar-refractivity contribution in [3.63, 3.8) is 0 Å². The second kappa shape index (κ2) is 7.32. The lowest BCUT2D eigenvalue weighted by Gasteiger charge is -2.14. The normalized spacial score (nSPS) is 14.2. The van der Waals surface area contributed by atoms with Gasteiger partial charge in [0.05, 0.1) is 5.69 Å². The van der Waals surface area contributed by atoms with Crippen LogP contribution in [-0.4, -0.2) is 23.1 Å². The van der Waals surface area contributed by atoms with Crippen LogP contribution < -0.4 is 5.32 Å². The molecule has 26 heavy (non-hydrogen) atoms. The fourth-order valence-electron chi connectivity index (χ4n) is 3.20. The van der Waals surface area contributed by atoms with Crippen molar-refractivity contribution in [2.24, 2.45) is 0 Å². The monoisotopic (exact) mass is 356 g/mol. The number of nitrogens with one attached hydrogen (secondary N) is 1. The summed E-state index contributed by atoms with van der Waals surface area (Å²) in [6.45, 7) is 7.04. The third-order valence-corrected chi connectivity index (χ3v) is 4.64. The molecule has 0 unspecified atom stereocenters. The smallest absolute Gasteiger partial charge is 0.344 e. The van der Waals surface area contributed by atoms with Gasteiger partial charge in [0, 0.05) is 11.6 Å². The summed E-state index contributed by atoms with van der Waals surface area (Å²) in [5.41, 5.74) is 4.10. The molecule has 0 bridgehead atoms. The number of esters is 1. The zero-order valence-electron chi connectivity index (χ0n) is 15.6. The highest BCUT2D eigenvalue weighted by Crippen LogP contribution is 2.26. The van der Waals surface area contributed by atoms with Crippen LogP contribution in [0.4, 0.5) is 5.69 Å². The van der Waals surface area contributed by atoms with Gasteiger partial charge in [0.15, 0.2) is 11.9 Å². The van der Waals surface area contributed by atoms with Crippen LogP contribution in [0, 0.1) is 6.92 Å². The lowest BCUT2D eigenvalue weighted by atomic mass is 10.1. The molecule has 1 aromatic heterocycles. The van der Waals surface area contributed by atoms with Crippen molar-refractivity contribution in [1.82, 2.24) is 5.16 Å². The number of amides is 1. The minimum atomic E-state index is -0.926. The van der Waals surface area contributed by atoms with E-state index in [-0.39, 0.29) is 11.8 Å². The van der Waals surface area contributed by atoms with Gasteiger partial charge in [-0.25, -0.2) is 4.79 Å². The number of anilines is 1. The molecular weight excluding hydrogens is 332 g/mol. The number of aromatic nitrogens is 1. The molecule has 0 radical (unpaired) electrons. The van der Waals surface area contributed by atoms with Crippen LogP contribution in [0.1, 0.15) is 66.0 Å². The minimum Gasteiger partial charge on any atom is -0.449 e. The Bertz CT molecular complexity index is 838. The van der Waals surface area contributed by atoms with Gasteiger partial charge in [0.2, 0.25) is 0 Å². The molecule has 6 nitrogen and oxygen atoms in total. The number of fused-ring (bicyclic) bond motifs is 1. The van der Waals surface area contributed by atoms with Crippen LogP contribution in [0.3, 0.4) is 0 Å². The van der Waals surface area contributed by atoms with E-state index in [2.05, 4.69) is 10.5 Å². The Morgan fingerprint density at radius 3 is 2.65 bits per heavy atom. The van der Waals surface area contributed by atoms with Crippen LogP contribution in [0.25, 0.3) is 0 Å². The second-order valence-electron chi connectivity index (χ2n) is 7.04. The summed E-state index contributed by atoms with van der Waals surface area (Å²) in [6, 6.07) is 5.93. The van der Waals surface area contributed by atoms with Crippen molar-refractivity contribution in [3.8, 4) is 0 Å². The molecule has 0 saturated heterocycles. The minimum absolute atomic E-state index is 0.00528. The van der Waals surface area contributed by atoms with Crippen LogP contribution in [0.2, 0.25) is 0 Å². The molecule has 1 aromatic carbocycles. The molecule has 0 aliphatic heterocycles. The Balaban J connectivity index is 1.66. The standard InChI is InChI=1S/C20H24N2O4/c1-11(2)18-17(12(3)22-26-18)20(24)25-13(4)19(23)21-16-9-8-14-6-5-7-15(14)10-16/h8-11,13H,5-7H2,1-4H3,(H,21,23)/t13-/m1/s1. The number of hydrogen-bond acceptors (Lipinski definition) is 5. The van der Waals surface area contributed by atoms with Crippen LogP contribution in [-0.2, 0) is 22.4 Å². The first-order valence-electron chi connectivity index (χ1n) is 8.96. The van der Waals surface area contributed by atoms with E-state index in [1.54, 1.807) is 13.8 Å².